The van der Waals surface area contributed by atoms with Gasteiger partial charge < -0.3 is 5.32 Å². The van der Waals surface area contributed by atoms with Gasteiger partial charge in [-0.1, -0.05) is 32.6 Å². The van der Waals surface area contributed by atoms with Gasteiger partial charge >= 0.3 is 0 Å². The van der Waals surface area contributed by atoms with Gasteiger partial charge in [0.05, 0.1) is 0 Å². The highest BCUT2D eigenvalue weighted by Crippen LogP contribution is 2.16. The lowest BCUT2D eigenvalue weighted by atomic mass is 10.1. The average molecular weight is 291 g/mol. The summed E-state index contributed by atoms with van der Waals surface area (Å²) in [5, 5.41) is 3.46. The van der Waals surface area contributed by atoms with Gasteiger partial charge in [-0.2, -0.15) is 12.7 Å². The summed E-state index contributed by atoms with van der Waals surface area (Å²) in [5.41, 5.74) is 0. The zero-order valence-corrected chi connectivity index (χ0v) is 13.1. The molecule has 114 valence electrons. The predicted molar refractivity (Wildman–Crippen MR) is 79.3 cm³/mol. The van der Waals surface area contributed by atoms with E-state index in [2.05, 4.69) is 10.0 Å². The fourth-order valence-corrected chi connectivity index (χ4v) is 3.49. The molecule has 0 atom stereocenters. The Hall–Kier alpha value is -0.170. The molecule has 5 nitrogen and oxygen atoms in total. The zero-order chi connectivity index (χ0) is 14.1. The summed E-state index contributed by atoms with van der Waals surface area (Å²) in [6, 6.07) is 0.570. The summed E-state index contributed by atoms with van der Waals surface area (Å²) in [7, 11) is -1.67. The Morgan fingerprint density at radius 2 is 1.74 bits per heavy atom. The summed E-state index contributed by atoms with van der Waals surface area (Å²) >= 11 is 0. The second-order valence-electron chi connectivity index (χ2n) is 5.36. The van der Waals surface area contributed by atoms with E-state index < -0.39 is 10.2 Å². The predicted octanol–water partition coefficient (Wildman–Crippen LogP) is 1.47. The molecule has 2 N–H and O–H groups in total. The molecule has 19 heavy (non-hydrogen) atoms. The van der Waals surface area contributed by atoms with Crippen LogP contribution in [0.2, 0.25) is 0 Å². The minimum absolute atomic E-state index is 0.465. The summed E-state index contributed by atoms with van der Waals surface area (Å²) < 4.78 is 27.6. The molecule has 0 radical (unpaired) electrons. The average Bonchev–Trinajstić information content (AvgIpc) is 2.63. The molecule has 1 saturated carbocycles. The summed E-state index contributed by atoms with van der Waals surface area (Å²) in [5.74, 6) is 0. The van der Waals surface area contributed by atoms with Crippen LogP contribution in [-0.4, -0.2) is 45.4 Å². The minimum atomic E-state index is -3.29. The van der Waals surface area contributed by atoms with E-state index in [4.69, 9.17) is 0 Å². The highest BCUT2D eigenvalue weighted by molar-refractivity contribution is 7.87. The SMILES string of the molecule is CCCN(C)S(=O)(=O)NCCNC1CCCCCC1. The third-order valence-electron chi connectivity index (χ3n) is 3.65. The van der Waals surface area contributed by atoms with E-state index in [1.165, 1.54) is 42.8 Å². The monoisotopic (exact) mass is 291 g/mol. The molecule has 0 bridgehead atoms. The van der Waals surface area contributed by atoms with Gasteiger partial charge in [0.2, 0.25) is 0 Å². The Morgan fingerprint density at radius 3 is 2.32 bits per heavy atom. The number of rotatable bonds is 8. The molecular weight excluding hydrogens is 262 g/mol. The topological polar surface area (TPSA) is 61.4 Å². The molecule has 0 amide bonds. The van der Waals surface area contributed by atoms with Crippen LogP contribution in [-0.2, 0) is 10.2 Å². The molecule has 0 aromatic rings. The molecule has 0 spiro atoms. The smallest absolute Gasteiger partial charge is 0.279 e. The van der Waals surface area contributed by atoms with Crippen LogP contribution in [0.5, 0.6) is 0 Å². The Morgan fingerprint density at radius 1 is 1.11 bits per heavy atom. The lowest BCUT2D eigenvalue weighted by molar-refractivity contribution is 0.443. The van der Waals surface area contributed by atoms with Crippen molar-refractivity contribution in [2.45, 2.75) is 57.9 Å². The molecule has 0 saturated heterocycles. The molecule has 0 aromatic carbocycles. The highest BCUT2D eigenvalue weighted by atomic mass is 32.2. The van der Waals surface area contributed by atoms with Crippen LogP contribution in [0.3, 0.4) is 0 Å². The molecule has 1 aliphatic rings. The van der Waals surface area contributed by atoms with Crippen LogP contribution in [0.25, 0.3) is 0 Å². The van der Waals surface area contributed by atoms with E-state index in [1.807, 2.05) is 6.92 Å². The van der Waals surface area contributed by atoms with Crippen molar-refractivity contribution in [1.29, 1.82) is 0 Å². The van der Waals surface area contributed by atoms with Crippen molar-refractivity contribution in [2.75, 3.05) is 26.7 Å². The Labute approximate surface area is 118 Å². The normalized spacial score (nSPS) is 18.7. The lowest BCUT2D eigenvalue weighted by Crippen LogP contribution is -2.42. The molecule has 6 heteroatoms. The van der Waals surface area contributed by atoms with Crippen LogP contribution in [0.15, 0.2) is 0 Å². The van der Waals surface area contributed by atoms with Gasteiger partial charge in [0, 0.05) is 32.7 Å². The van der Waals surface area contributed by atoms with Crippen LogP contribution in [0.4, 0.5) is 0 Å². The summed E-state index contributed by atoms with van der Waals surface area (Å²) in [6.45, 7) is 3.71. The van der Waals surface area contributed by atoms with Crippen molar-refractivity contribution in [3.05, 3.63) is 0 Å². The molecule has 1 rings (SSSR count). The first kappa shape index (κ1) is 16.9. The lowest BCUT2D eigenvalue weighted by Gasteiger charge is -2.19. The van der Waals surface area contributed by atoms with Crippen LogP contribution in [0.1, 0.15) is 51.9 Å². The van der Waals surface area contributed by atoms with E-state index in [9.17, 15) is 8.42 Å². The largest absolute Gasteiger partial charge is 0.313 e. The third-order valence-corrected chi connectivity index (χ3v) is 5.22. The van der Waals surface area contributed by atoms with Crippen LogP contribution in [0, 0.1) is 0 Å². The van der Waals surface area contributed by atoms with Gasteiger partial charge in [0.15, 0.2) is 0 Å². The number of hydrogen-bond donors (Lipinski definition) is 2. The zero-order valence-electron chi connectivity index (χ0n) is 12.3. The van der Waals surface area contributed by atoms with Gasteiger partial charge in [-0.15, -0.1) is 0 Å². The maximum Gasteiger partial charge on any atom is 0.279 e. The van der Waals surface area contributed by atoms with Gasteiger partial charge in [-0.3, -0.25) is 0 Å². The maximum absolute atomic E-state index is 11.8. The first-order valence-corrected chi connectivity index (χ1v) is 8.94. The Balaban J connectivity index is 2.18. The Kier molecular flexibility index (Phi) is 7.90. The van der Waals surface area contributed by atoms with Crippen LogP contribution < -0.4 is 10.0 Å². The standard InChI is InChI=1S/C13H29N3O2S/c1-3-12-16(2)19(17,18)15-11-10-14-13-8-6-4-5-7-9-13/h13-15H,3-12H2,1-2H3. The molecule has 1 aliphatic carbocycles. The fourth-order valence-electron chi connectivity index (χ4n) is 2.49. The van der Waals surface area contributed by atoms with Crippen molar-refractivity contribution in [2.24, 2.45) is 0 Å². The number of nitrogens with zero attached hydrogens (tertiary/aromatic N) is 1. The molecule has 0 aromatic heterocycles. The molecule has 0 unspecified atom stereocenters. The molecule has 0 heterocycles. The highest BCUT2D eigenvalue weighted by Gasteiger charge is 2.16. The van der Waals surface area contributed by atoms with Crippen molar-refractivity contribution in [3.63, 3.8) is 0 Å². The summed E-state index contributed by atoms with van der Waals surface area (Å²) in [4.78, 5) is 0. The van der Waals surface area contributed by atoms with E-state index in [1.54, 1.807) is 7.05 Å². The van der Waals surface area contributed by atoms with Crippen molar-refractivity contribution >= 4 is 10.2 Å². The van der Waals surface area contributed by atoms with Crippen molar-refractivity contribution < 1.29 is 8.42 Å². The van der Waals surface area contributed by atoms with Gasteiger partial charge in [0.1, 0.15) is 0 Å². The summed E-state index contributed by atoms with van der Waals surface area (Å²) in [6.07, 6.45) is 8.55. The number of nitrogens with one attached hydrogen (secondary N) is 2. The van der Waals surface area contributed by atoms with Crippen molar-refractivity contribution in [1.82, 2.24) is 14.3 Å². The van der Waals surface area contributed by atoms with E-state index >= 15 is 0 Å². The van der Waals surface area contributed by atoms with Gasteiger partial charge in [-0.05, 0) is 19.3 Å². The molecule has 0 aliphatic heterocycles. The maximum atomic E-state index is 11.8. The first-order valence-electron chi connectivity index (χ1n) is 7.50. The van der Waals surface area contributed by atoms with Gasteiger partial charge in [0.25, 0.3) is 10.2 Å². The third kappa shape index (κ3) is 6.70. The van der Waals surface area contributed by atoms with Crippen LogP contribution >= 0.6 is 0 Å². The van der Waals surface area contributed by atoms with E-state index in [-0.39, 0.29) is 0 Å². The van der Waals surface area contributed by atoms with Gasteiger partial charge in [-0.25, -0.2) is 4.72 Å². The Bertz CT molecular complexity index is 325. The molecular formula is C13H29N3O2S. The second-order valence-corrected chi connectivity index (χ2v) is 7.23. The second kappa shape index (κ2) is 8.89. The fraction of sp³-hybridized carbons (Fsp3) is 1.00. The van der Waals surface area contributed by atoms with E-state index in [0.29, 0.717) is 25.7 Å². The molecule has 1 fully saturated rings. The van der Waals surface area contributed by atoms with Crippen molar-refractivity contribution in [3.8, 4) is 0 Å². The van der Waals surface area contributed by atoms with E-state index in [0.717, 1.165) is 6.42 Å². The quantitative estimate of drug-likeness (QED) is 0.526. The first-order chi connectivity index (χ1) is 9.06. The number of hydrogen-bond acceptors (Lipinski definition) is 3. The minimum Gasteiger partial charge on any atom is -0.313 e.